The van der Waals surface area contributed by atoms with Crippen molar-refractivity contribution < 1.29 is 4.42 Å². The van der Waals surface area contributed by atoms with Crippen LogP contribution in [0.25, 0.3) is 5.84 Å². The molecule has 0 N–H and O–H groups in total. The van der Waals surface area contributed by atoms with Crippen LogP contribution in [-0.2, 0) is 5.88 Å². The van der Waals surface area contributed by atoms with Crippen LogP contribution in [0.15, 0.2) is 27.7 Å². The van der Waals surface area contributed by atoms with Crippen molar-refractivity contribution in [2.45, 2.75) is 5.88 Å². The smallest absolute Gasteiger partial charge is 0.309 e. The van der Waals surface area contributed by atoms with Crippen LogP contribution in [0.4, 0.5) is 0 Å². The molecule has 62 valence electrons. The van der Waals surface area contributed by atoms with E-state index in [0.717, 1.165) is 0 Å². The molecular formula is C7H5ClN2O2. The van der Waals surface area contributed by atoms with Crippen molar-refractivity contribution in [3.8, 4) is 0 Å². The van der Waals surface area contributed by atoms with E-state index in [-0.39, 0.29) is 17.3 Å². The van der Waals surface area contributed by atoms with E-state index in [4.69, 9.17) is 16.0 Å². The van der Waals surface area contributed by atoms with Crippen LogP contribution in [0.1, 0.15) is 5.76 Å². The third-order valence-corrected chi connectivity index (χ3v) is 1.71. The summed E-state index contributed by atoms with van der Waals surface area (Å²) in [5, 5.41) is 0. The highest BCUT2D eigenvalue weighted by Gasteiger charge is 2.01. The summed E-state index contributed by atoms with van der Waals surface area (Å²) in [7, 11) is 0. The molecule has 2 rings (SSSR count). The van der Waals surface area contributed by atoms with E-state index >= 15 is 0 Å². The molecule has 0 aromatic carbocycles. The van der Waals surface area contributed by atoms with E-state index in [0.29, 0.717) is 5.76 Å². The number of hydrogen-bond donors (Lipinski definition) is 0. The highest BCUT2D eigenvalue weighted by molar-refractivity contribution is 6.16. The number of rotatable bonds is 1. The fraction of sp³-hybridized carbons (Fsp3) is 0.143. The molecule has 2 aromatic heterocycles. The highest BCUT2D eigenvalue weighted by atomic mass is 35.5. The molecule has 0 saturated heterocycles. The average Bonchev–Trinajstić information content (AvgIpc) is 2.46. The summed E-state index contributed by atoms with van der Waals surface area (Å²) in [5.41, 5.74) is -0.314. The Morgan fingerprint density at radius 3 is 3.25 bits per heavy atom. The van der Waals surface area contributed by atoms with Gasteiger partial charge in [0.05, 0.1) is 12.1 Å². The van der Waals surface area contributed by atoms with E-state index in [1.807, 2.05) is 0 Å². The lowest BCUT2D eigenvalue weighted by Crippen LogP contribution is -2.04. The molecule has 2 heterocycles. The van der Waals surface area contributed by atoms with Gasteiger partial charge < -0.3 is 4.42 Å². The molecule has 0 aliphatic carbocycles. The van der Waals surface area contributed by atoms with Gasteiger partial charge in [0.2, 0.25) is 0 Å². The van der Waals surface area contributed by atoms with E-state index in [9.17, 15) is 4.79 Å². The maximum Gasteiger partial charge on any atom is 0.309 e. The Balaban J connectivity index is 2.75. The number of halogens is 1. The fourth-order valence-corrected chi connectivity index (χ4v) is 1.05. The normalized spacial score (nSPS) is 10.8. The number of aromatic nitrogens is 2. The minimum atomic E-state index is -0.314. The Kier molecular flexibility index (Phi) is 1.62. The lowest BCUT2D eigenvalue weighted by Gasteiger charge is -1.84. The first-order valence-electron chi connectivity index (χ1n) is 3.33. The summed E-state index contributed by atoms with van der Waals surface area (Å²) in [6.45, 7) is 0. The summed E-state index contributed by atoms with van der Waals surface area (Å²) < 4.78 is 6.73. The molecule has 0 fully saturated rings. The molecule has 0 spiro atoms. The zero-order valence-corrected chi connectivity index (χ0v) is 6.78. The lowest BCUT2D eigenvalue weighted by atomic mass is 10.6. The molecule has 0 atom stereocenters. The molecule has 5 heteroatoms. The van der Waals surface area contributed by atoms with Gasteiger partial charge in [-0.1, -0.05) is 0 Å². The standard InChI is InChI=1S/C7H5ClN2O2/c8-3-5-4-10-2-1-6(11)9-7(10)12-5/h1-2,4H,3H2. The molecule has 0 aliphatic rings. The number of nitrogens with zero attached hydrogens (tertiary/aromatic N) is 2. The maximum absolute atomic E-state index is 10.8. The SMILES string of the molecule is O=c1ccn2cc(CCl)oc2n1. The summed E-state index contributed by atoms with van der Waals surface area (Å²) in [5.74, 6) is 1.14. The first-order valence-corrected chi connectivity index (χ1v) is 3.87. The topological polar surface area (TPSA) is 47.5 Å². The molecule has 0 saturated carbocycles. The van der Waals surface area contributed by atoms with Crippen molar-refractivity contribution in [2.24, 2.45) is 0 Å². The molecule has 4 nitrogen and oxygen atoms in total. The first kappa shape index (κ1) is 7.36. The number of oxazole rings is 1. The summed E-state index contributed by atoms with van der Waals surface area (Å²) in [6, 6.07) is 1.36. The largest absolute Gasteiger partial charge is 0.427 e. The average molecular weight is 185 g/mol. The lowest BCUT2D eigenvalue weighted by molar-refractivity contribution is 0.553. The van der Waals surface area contributed by atoms with Gasteiger partial charge in [0.15, 0.2) is 0 Å². The van der Waals surface area contributed by atoms with E-state index in [1.54, 1.807) is 16.8 Å². The molecule has 12 heavy (non-hydrogen) atoms. The van der Waals surface area contributed by atoms with Crippen LogP contribution in [-0.4, -0.2) is 9.38 Å². The monoisotopic (exact) mass is 184 g/mol. The third-order valence-electron chi connectivity index (χ3n) is 1.44. The first-order chi connectivity index (χ1) is 5.79. The van der Waals surface area contributed by atoms with Crippen LogP contribution in [0.3, 0.4) is 0 Å². The van der Waals surface area contributed by atoms with Gasteiger partial charge in [-0.3, -0.25) is 9.20 Å². The molecule has 0 unspecified atom stereocenters. The molecule has 0 amide bonds. The van der Waals surface area contributed by atoms with Crippen LogP contribution in [0.5, 0.6) is 0 Å². The van der Waals surface area contributed by atoms with E-state index in [2.05, 4.69) is 4.98 Å². The van der Waals surface area contributed by atoms with Crippen molar-refractivity contribution in [1.29, 1.82) is 0 Å². The molecule has 2 aromatic rings. The van der Waals surface area contributed by atoms with E-state index < -0.39 is 0 Å². The number of hydrogen-bond acceptors (Lipinski definition) is 3. The van der Waals surface area contributed by atoms with Crippen LogP contribution < -0.4 is 5.56 Å². The van der Waals surface area contributed by atoms with Crippen LogP contribution in [0.2, 0.25) is 0 Å². The van der Waals surface area contributed by atoms with Crippen molar-refractivity contribution in [2.75, 3.05) is 0 Å². The second kappa shape index (κ2) is 2.64. The van der Waals surface area contributed by atoms with Gasteiger partial charge >= 0.3 is 5.84 Å². The Labute approximate surface area is 72.4 Å². The Morgan fingerprint density at radius 1 is 1.67 bits per heavy atom. The van der Waals surface area contributed by atoms with Gasteiger partial charge in [-0.25, -0.2) is 0 Å². The summed E-state index contributed by atoms with van der Waals surface area (Å²) in [6.07, 6.45) is 3.28. The number of alkyl halides is 1. The Bertz CT molecular complexity index is 460. The van der Waals surface area contributed by atoms with Gasteiger partial charge in [0, 0.05) is 12.3 Å². The Morgan fingerprint density at radius 2 is 2.50 bits per heavy atom. The maximum atomic E-state index is 10.8. The predicted octanol–water partition coefficient (Wildman–Crippen LogP) is 1.03. The van der Waals surface area contributed by atoms with Crippen molar-refractivity contribution in [1.82, 2.24) is 9.38 Å². The van der Waals surface area contributed by atoms with E-state index in [1.165, 1.54) is 6.07 Å². The molecule has 0 bridgehead atoms. The fourth-order valence-electron chi connectivity index (χ4n) is 0.931. The quantitative estimate of drug-likeness (QED) is 0.622. The Hall–Kier alpha value is -1.29. The van der Waals surface area contributed by atoms with Crippen LogP contribution >= 0.6 is 11.6 Å². The molecule has 0 aliphatic heterocycles. The highest BCUT2D eigenvalue weighted by Crippen LogP contribution is 2.07. The number of fused-ring (bicyclic) bond motifs is 1. The van der Waals surface area contributed by atoms with Crippen molar-refractivity contribution >= 4 is 17.4 Å². The van der Waals surface area contributed by atoms with Gasteiger partial charge in [0.25, 0.3) is 5.56 Å². The van der Waals surface area contributed by atoms with Crippen molar-refractivity contribution in [3.63, 3.8) is 0 Å². The van der Waals surface area contributed by atoms with Gasteiger partial charge in [-0.05, 0) is 0 Å². The zero-order valence-electron chi connectivity index (χ0n) is 6.03. The van der Waals surface area contributed by atoms with Crippen LogP contribution in [0, 0.1) is 0 Å². The molecular weight excluding hydrogens is 180 g/mol. The minimum absolute atomic E-state index is 0.275. The zero-order chi connectivity index (χ0) is 8.55. The second-order valence-corrected chi connectivity index (χ2v) is 2.55. The van der Waals surface area contributed by atoms with Gasteiger partial charge in [-0.15, -0.1) is 11.6 Å². The summed E-state index contributed by atoms with van der Waals surface area (Å²) >= 11 is 5.53. The van der Waals surface area contributed by atoms with Gasteiger partial charge in [0.1, 0.15) is 5.76 Å². The summed E-state index contributed by atoms with van der Waals surface area (Å²) in [4.78, 5) is 14.4. The minimum Gasteiger partial charge on any atom is -0.427 e. The van der Waals surface area contributed by atoms with Crippen molar-refractivity contribution in [3.05, 3.63) is 34.6 Å². The third kappa shape index (κ3) is 1.10. The molecule has 0 radical (unpaired) electrons. The predicted molar refractivity (Wildman–Crippen MR) is 43.3 cm³/mol. The van der Waals surface area contributed by atoms with Gasteiger partial charge in [-0.2, -0.15) is 4.98 Å². The second-order valence-electron chi connectivity index (χ2n) is 2.29.